The first-order chi connectivity index (χ1) is 5.41. The summed E-state index contributed by atoms with van der Waals surface area (Å²) in [6.07, 6.45) is 0.582. The van der Waals surface area contributed by atoms with Crippen LogP contribution in [0.4, 0.5) is 4.39 Å². The van der Waals surface area contributed by atoms with Crippen LogP contribution < -0.4 is 0 Å². The molecule has 0 aliphatic heterocycles. The molecule has 0 aromatic carbocycles. The van der Waals surface area contributed by atoms with Crippen molar-refractivity contribution in [1.82, 2.24) is 0 Å². The van der Waals surface area contributed by atoms with E-state index in [0.29, 0.717) is 0 Å². The highest BCUT2D eigenvalue weighted by atomic mass is 19.1. The van der Waals surface area contributed by atoms with Crippen LogP contribution in [0.2, 0.25) is 0 Å². The van der Waals surface area contributed by atoms with Crippen molar-refractivity contribution in [2.75, 3.05) is 0 Å². The molecule has 0 aromatic rings. The maximum Gasteiger partial charge on any atom is 0.173 e. The van der Waals surface area contributed by atoms with E-state index >= 15 is 0 Å². The molecule has 0 aromatic heterocycles. The number of carbonyl (C=O) groups is 1. The van der Waals surface area contributed by atoms with Gasteiger partial charge >= 0.3 is 0 Å². The largest absolute Gasteiger partial charge is 0.296 e. The van der Waals surface area contributed by atoms with Crippen molar-refractivity contribution in [2.45, 2.75) is 39.8 Å². The summed E-state index contributed by atoms with van der Waals surface area (Å²) in [6, 6.07) is 0. The molecule has 0 saturated heterocycles. The lowest BCUT2D eigenvalue weighted by molar-refractivity contribution is -0.132. The summed E-state index contributed by atoms with van der Waals surface area (Å²) in [4.78, 5) is 11.5. The van der Waals surface area contributed by atoms with Gasteiger partial charge in [0.25, 0.3) is 0 Å². The van der Waals surface area contributed by atoms with Gasteiger partial charge in [-0.05, 0) is 18.3 Å². The predicted octanol–water partition coefficient (Wildman–Crippen LogP) is 2.35. The molecule has 2 rings (SSSR count). The van der Waals surface area contributed by atoms with Gasteiger partial charge in [0.2, 0.25) is 0 Å². The number of fused-ring (bicyclic) bond motifs is 2. The smallest absolute Gasteiger partial charge is 0.173 e. The number of halogens is 1. The first-order valence-corrected chi connectivity index (χ1v) is 4.59. The Labute approximate surface area is 72.3 Å². The molecule has 1 nitrogen and oxygen atoms in total. The second kappa shape index (κ2) is 1.91. The molecule has 0 heterocycles. The van der Waals surface area contributed by atoms with Crippen molar-refractivity contribution in [1.29, 1.82) is 0 Å². The summed E-state index contributed by atoms with van der Waals surface area (Å²) in [5.74, 6) is -0.168. The Morgan fingerprint density at radius 2 is 2.00 bits per heavy atom. The van der Waals surface area contributed by atoms with Crippen molar-refractivity contribution in [3.05, 3.63) is 0 Å². The van der Waals surface area contributed by atoms with E-state index in [-0.39, 0.29) is 22.5 Å². The molecule has 2 aliphatic carbocycles. The Balaban J connectivity index is 2.50. The van der Waals surface area contributed by atoms with E-state index in [4.69, 9.17) is 0 Å². The van der Waals surface area contributed by atoms with Gasteiger partial charge in [-0.1, -0.05) is 20.8 Å². The van der Waals surface area contributed by atoms with Crippen molar-refractivity contribution in [3.8, 4) is 0 Å². The minimum Gasteiger partial charge on any atom is -0.296 e. The maximum absolute atomic E-state index is 13.4. The average Bonchev–Trinajstić information content (AvgIpc) is 2.26. The standard InChI is InChI=1S/C10H15FO/c1-9(2)6-4-5-10(9,3)8(12)7(6)11/h6-7H,4-5H2,1-3H3/t6-,7-,10+/m0/s1. The van der Waals surface area contributed by atoms with Crippen molar-refractivity contribution >= 4 is 5.78 Å². The SMILES string of the molecule is CC1(C)[C@H]2CC[C@]1(C)C(=O)[C@H]2F. The highest BCUT2D eigenvalue weighted by Crippen LogP contribution is 2.64. The van der Waals surface area contributed by atoms with E-state index in [1.165, 1.54) is 0 Å². The third-order valence-electron chi connectivity index (χ3n) is 4.45. The van der Waals surface area contributed by atoms with Gasteiger partial charge < -0.3 is 0 Å². The second-order valence-electron chi connectivity index (χ2n) is 4.96. The van der Waals surface area contributed by atoms with Crippen LogP contribution in [0.25, 0.3) is 0 Å². The summed E-state index contributed by atoms with van der Waals surface area (Å²) in [6.45, 7) is 5.99. The molecule has 0 radical (unpaired) electrons. The van der Waals surface area contributed by atoms with Crippen LogP contribution in [0.3, 0.4) is 0 Å². The molecule has 2 fully saturated rings. The molecular weight excluding hydrogens is 155 g/mol. The first-order valence-electron chi connectivity index (χ1n) is 4.59. The summed E-state index contributed by atoms with van der Waals surface area (Å²) < 4.78 is 13.4. The van der Waals surface area contributed by atoms with Gasteiger partial charge in [-0.2, -0.15) is 0 Å². The van der Waals surface area contributed by atoms with Crippen molar-refractivity contribution in [2.24, 2.45) is 16.7 Å². The number of hydrogen-bond donors (Lipinski definition) is 0. The Hall–Kier alpha value is -0.400. The van der Waals surface area contributed by atoms with Gasteiger partial charge in [-0.3, -0.25) is 4.79 Å². The zero-order valence-electron chi connectivity index (χ0n) is 7.86. The normalized spacial score (nSPS) is 50.2. The van der Waals surface area contributed by atoms with E-state index in [1.54, 1.807) is 0 Å². The lowest BCUT2D eigenvalue weighted by atomic mass is 9.70. The third kappa shape index (κ3) is 0.593. The molecule has 2 aliphatic rings. The van der Waals surface area contributed by atoms with Crippen LogP contribution in [0.5, 0.6) is 0 Å². The van der Waals surface area contributed by atoms with Crippen LogP contribution in [0.1, 0.15) is 33.6 Å². The molecule has 0 amide bonds. The van der Waals surface area contributed by atoms with Crippen molar-refractivity contribution < 1.29 is 9.18 Å². The lowest BCUT2D eigenvalue weighted by Gasteiger charge is -2.31. The molecule has 3 atom stereocenters. The van der Waals surface area contributed by atoms with E-state index in [9.17, 15) is 9.18 Å². The van der Waals surface area contributed by atoms with Crippen LogP contribution in [-0.4, -0.2) is 12.0 Å². The summed E-state index contributed by atoms with van der Waals surface area (Å²) in [7, 11) is 0. The number of ketones is 1. The number of hydrogen-bond acceptors (Lipinski definition) is 1. The topological polar surface area (TPSA) is 17.1 Å². The molecule has 12 heavy (non-hydrogen) atoms. The lowest BCUT2D eigenvalue weighted by Crippen LogP contribution is -2.33. The van der Waals surface area contributed by atoms with Gasteiger partial charge in [0.05, 0.1) is 0 Å². The molecule has 2 bridgehead atoms. The van der Waals surface area contributed by atoms with Crippen LogP contribution in [-0.2, 0) is 4.79 Å². The fourth-order valence-electron chi connectivity index (χ4n) is 2.98. The van der Waals surface area contributed by atoms with Gasteiger partial charge in [-0.25, -0.2) is 4.39 Å². The fourth-order valence-corrected chi connectivity index (χ4v) is 2.98. The van der Waals surface area contributed by atoms with E-state index < -0.39 is 6.17 Å². The number of Topliss-reactive ketones (excluding diaryl/α,β-unsaturated/α-hetero) is 1. The Bertz CT molecular complexity index is 246. The Morgan fingerprint density at radius 1 is 1.42 bits per heavy atom. The summed E-state index contributed by atoms with van der Waals surface area (Å²) >= 11 is 0. The monoisotopic (exact) mass is 170 g/mol. The Kier molecular flexibility index (Phi) is 1.31. The average molecular weight is 170 g/mol. The van der Waals surface area contributed by atoms with Crippen LogP contribution in [0, 0.1) is 16.7 Å². The number of alkyl halides is 1. The third-order valence-corrected chi connectivity index (χ3v) is 4.45. The molecule has 0 unspecified atom stereocenters. The van der Waals surface area contributed by atoms with Crippen molar-refractivity contribution in [3.63, 3.8) is 0 Å². The summed E-state index contributed by atoms with van der Waals surface area (Å²) in [5.41, 5.74) is -0.499. The zero-order valence-corrected chi connectivity index (χ0v) is 7.86. The summed E-state index contributed by atoms with van der Waals surface area (Å²) in [5, 5.41) is 0. The van der Waals surface area contributed by atoms with E-state index in [1.807, 2.05) is 20.8 Å². The molecule has 2 heteroatoms. The molecule has 2 saturated carbocycles. The van der Waals surface area contributed by atoms with Gasteiger partial charge in [0.15, 0.2) is 12.0 Å². The Morgan fingerprint density at radius 3 is 2.25 bits per heavy atom. The van der Waals surface area contributed by atoms with Gasteiger partial charge in [-0.15, -0.1) is 0 Å². The minimum atomic E-state index is -1.18. The molecule has 0 N–H and O–H groups in total. The highest BCUT2D eigenvalue weighted by molar-refractivity contribution is 5.93. The zero-order chi connectivity index (χ0) is 9.15. The van der Waals surface area contributed by atoms with Gasteiger partial charge in [0, 0.05) is 11.3 Å². The van der Waals surface area contributed by atoms with Gasteiger partial charge in [0.1, 0.15) is 0 Å². The number of rotatable bonds is 0. The minimum absolute atomic E-state index is 0.0185. The van der Waals surface area contributed by atoms with Crippen LogP contribution in [0.15, 0.2) is 0 Å². The van der Waals surface area contributed by atoms with E-state index in [0.717, 1.165) is 12.8 Å². The predicted molar refractivity (Wildman–Crippen MR) is 44.5 cm³/mol. The molecular formula is C10H15FO. The van der Waals surface area contributed by atoms with E-state index in [2.05, 4.69) is 0 Å². The number of carbonyl (C=O) groups excluding carboxylic acids is 1. The molecule has 68 valence electrons. The highest BCUT2D eigenvalue weighted by Gasteiger charge is 2.66. The molecule has 0 spiro atoms. The van der Waals surface area contributed by atoms with Crippen LogP contribution >= 0.6 is 0 Å². The quantitative estimate of drug-likeness (QED) is 0.545. The maximum atomic E-state index is 13.4. The first kappa shape index (κ1) is 8.21. The second-order valence-corrected chi connectivity index (χ2v) is 4.96. The fraction of sp³-hybridized carbons (Fsp3) is 0.900.